The average molecular weight is 459 g/mol. The number of hydrogen-bond donors (Lipinski definition) is 1. The molecule has 10 heteroatoms. The fourth-order valence-electron chi connectivity index (χ4n) is 4.92. The van der Waals surface area contributed by atoms with E-state index in [0.717, 1.165) is 31.2 Å². The monoisotopic (exact) mass is 458 g/mol. The molecule has 2 atom stereocenters. The van der Waals surface area contributed by atoms with Crippen LogP contribution in [0.25, 0.3) is 0 Å². The molecule has 1 aromatic carbocycles. The van der Waals surface area contributed by atoms with E-state index in [0.29, 0.717) is 31.1 Å². The molecule has 3 aliphatic heterocycles. The van der Waals surface area contributed by atoms with Crippen molar-refractivity contribution < 1.29 is 31.5 Å². The molecule has 1 saturated carbocycles. The van der Waals surface area contributed by atoms with Gasteiger partial charge in [0.05, 0.1) is 18.8 Å². The van der Waals surface area contributed by atoms with Gasteiger partial charge in [-0.05, 0) is 56.1 Å². The standard InChI is InChI=1S/C21H28F2N2O5S/c22-21(23)31(27,28)24-17-5-3-11-25-18(17)12-29-15-9-7-14(8-10-15)16-4-1-2-6-19(16)30-13-20(25)26/h1-2,4,6,14-15,17-18,21,24H,3,5,7-13H2/t14?,15?,17-,18?/m0/s1. The predicted molar refractivity (Wildman–Crippen MR) is 109 cm³/mol. The van der Waals surface area contributed by atoms with Crippen LogP contribution in [0, 0.1) is 0 Å². The zero-order chi connectivity index (χ0) is 22.0. The number of ether oxygens (including phenoxy) is 2. The summed E-state index contributed by atoms with van der Waals surface area (Å²) >= 11 is 0. The Balaban J connectivity index is 1.60. The lowest BCUT2D eigenvalue weighted by molar-refractivity contribution is -0.140. The first kappa shape index (κ1) is 22.4. The van der Waals surface area contributed by atoms with Crippen molar-refractivity contribution in [1.82, 2.24) is 9.62 Å². The number of benzene rings is 1. The molecule has 172 valence electrons. The number of nitrogens with zero attached hydrogens (tertiary/aromatic N) is 1. The van der Waals surface area contributed by atoms with Crippen LogP contribution in [0.3, 0.4) is 0 Å². The maximum absolute atomic E-state index is 13.0. The molecule has 1 aromatic rings. The maximum atomic E-state index is 13.0. The molecular formula is C21H28F2N2O5S. The number of piperidine rings is 1. The minimum Gasteiger partial charge on any atom is -0.483 e. The first-order valence-electron chi connectivity index (χ1n) is 10.8. The van der Waals surface area contributed by atoms with E-state index in [9.17, 15) is 22.0 Å². The maximum Gasteiger partial charge on any atom is 0.350 e. The summed E-state index contributed by atoms with van der Waals surface area (Å²) in [7, 11) is -4.78. The van der Waals surface area contributed by atoms with Crippen molar-refractivity contribution >= 4 is 15.9 Å². The number of halogens is 2. The molecule has 1 N–H and O–H groups in total. The van der Waals surface area contributed by atoms with Gasteiger partial charge in [-0.3, -0.25) is 4.79 Å². The molecule has 2 fully saturated rings. The van der Waals surface area contributed by atoms with Crippen LogP contribution in [0.4, 0.5) is 8.78 Å². The van der Waals surface area contributed by atoms with Gasteiger partial charge in [0.25, 0.3) is 15.9 Å². The van der Waals surface area contributed by atoms with Crippen molar-refractivity contribution in [2.24, 2.45) is 0 Å². The van der Waals surface area contributed by atoms with Gasteiger partial charge >= 0.3 is 5.76 Å². The molecule has 1 amide bonds. The van der Waals surface area contributed by atoms with Crippen LogP contribution in [0.15, 0.2) is 24.3 Å². The van der Waals surface area contributed by atoms with Crippen molar-refractivity contribution in [3.8, 4) is 5.75 Å². The molecular weight excluding hydrogens is 430 g/mol. The minimum atomic E-state index is -4.78. The first-order chi connectivity index (χ1) is 14.8. The Morgan fingerprint density at radius 1 is 1.10 bits per heavy atom. The summed E-state index contributed by atoms with van der Waals surface area (Å²) in [6.45, 7) is 0.306. The second-order valence-electron chi connectivity index (χ2n) is 8.46. The van der Waals surface area contributed by atoms with E-state index in [2.05, 4.69) is 4.72 Å². The van der Waals surface area contributed by atoms with Gasteiger partial charge < -0.3 is 14.4 Å². The summed E-state index contributed by atoms with van der Waals surface area (Å²) in [6, 6.07) is 6.24. The number of para-hydroxylation sites is 1. The average Bonchev–Trinajstić information content (AvgIpc) is 2.77. The van der Waals surface area contributed by atoms with Gasteiger partial charge in [0.2, 0.25) is 0 Å². The van der Waals surface area contributed by atoms with Crippen LogP contribution in [-0.2, 0) is 19.6 Å². The van der Waals surface area contributed by atoms with Gasteiger partial charge in [0.15, 0.2) is 6.61 Å². The van der Waals surface area contributed by atoms with E-state index in [-0.39, 0.29) is 25.2 Å². The van der Waals surface area contributed by atoms with Crippen LogP contribution >= 0.6 is 0 Å². The van der Waals surface area contributed by atoms with Crippen LogP contribution in [0.1, 0.15) is 50.0 Å². The largest absolute Gasteiger partial charge is 0.483 e. The number of amides is 1. The van der Waals surface area contributed by atoms with E-state index in [1.54, 1.807) is 0 Å². The summed E-state index contributed by atoms with van der Waals surface area (Å²) in [5.41, 5.74) is 1.09. The molecule has 1 saturated heterocycles. The van der Waals surface area contributed by atoms with Gasteiger partial charge in [-0.25, -0.2) is 13.1 Å². The van der Waals surface area contributed by atoms with E-state index in [4.69, 9.17) is 9.47 Å². The Morgan fingerprint density at radius 3 is 2.58 bits per heavy atom. The third-order valence-electron chi connectivity index (χ3n) is 6.54. The van der Waals surface area contributed by atoms with Crippen LogP contribution < -0.4 is 9.46 Å². The number of rotatable bonds is 3. The Bertz CT molecular complexity index is 890. The second-order valence-corrected chi connectivity index (χ2v) is 10.1. The number of nitrogens with one attached hydrogen (secondary N) is 1. The van der Waals surface area contributed by atoms with Gasteiger partial charge in [-0.15, -0.1) is 0 Å². The van der Waals surface area contributed by atoms with Crippen LogP contribution in [0.5, 0.6) is 5.75 Å². The number of fused-ring (bicyclic) bond motifs is 5. The summed E-state index contributed by atoms with van der Waals surface area (Å²) < 4.78 is 63.6. The van der Waals surface area contributed by atoms with Crippen molar-refractivity contribution in [2.75, 3.05) is 19.8 Å². The molecule has 31 heavy (non-hydrogen) atoms. The summed E-state index contributed by atoms with van der Waals surface area (Å²) in [4.78, 5) is 14.5. The molecule has 2 bridgehead atoms. The Kier molecular flexibility index (Phi) is 6.78. The van der Waals surface area contributed by atoms with Crippen molar-refractivity contribution in [2.45, 2.75) is 68.4 Å². The second kappa shape index (κ2) is 9.38. The fourth-order valence-corrected chi connectivity index (χ4v) is 5.72. The Morgan fingerprint density at radius 2 is 1.84 bits per heavy atom. The summed E-state index contributed by atoms with van der Waals surface area (Å²) in [5, 5.41) is 0. The van der Waals surface area contributed by atoms with E-state index < -0.39 is 27.9 Å². The van der Waals surface area contributed by atoms with Gasteiger partial charge in [-0.1, -0.05) is 18.2 Å². The zero-order valence-corrected chi connectivity index (χ0v) is 18.0. The molecule has 0 radical (unpaired) electrons. The fraction of sp³-hybridized carbons (Fsp3) is 0.667. The number of sulfonamides is 1. The lowest BCUT2D eigenvalue weighted by Gasteiger charge is -2.41. The van der Waals surface area contributed by atoms with Crippen molar-refractivity contribution in [1.29, 1.82) is 0 Å². The lowest BCUT2D eigenvalue weighted by Crippen LogP contribution is -2.60. The molecule has 1 unspecified atom stereocenters. The first-order valence-corrected chi connectivity index (χ1v) is 12.3. The van der Waals surface area contributed by atoms with Crippen molar-refractivity contribution in [3.05, 3.63) is 29.8 Å². The molecule has 4 aliphatic rings. The number of hydrogen-bond acceptors (Lipinski definition) is 5. The smallest absolute Gasteiger partial charge is 0.350 e. The summed E-state index contributed by atoms with van der Waals surface area (Å²) in [5.74, 6) is -2.82. The molecule has 1 aliphatic carbocycles. The zero-order valence-electron chi connectivity index (χ0n) is 17.2. The molecule has 5 rings (SSSR count). The highest BCUT2D eigenvalue weighted by molar-refractivity contribution is 7.89. The van der Waals surface area contributed by atoms with Gasteiger partial charge in [0, 0.05) is 12.6 Å². The predicted octanol–water partition coefficient (Wildman–Crippen LogP) is 2.62. The highest BCUT2D eigenvalue weighted by Gasteiger charge is 2.39. The Labute approximate surface area is 181 Å². The van der Waals surface area contributed by atoms with Crippen LogP contribution in [0.2, 0.25) is 0 Å². The van der Waals surface area contributed by atoms with Gasteiger partial charge in [0.1, 0.15) is 5.75 Å². The topological polar surface area (TPSA) is 84.9 Å². The number of carbonyl (C=O) groups excluding carboxylic acids is 1. The molecule has 0 aromatic heterocycles. The number of alkyl halides is 2. The lowest BCUT2D eigenvalue weighted by atomic mass is 9.82. The van der Waals surface area contributed by atoms with E-state index in [1.165, 1.54) is 4.90 Å². The third kappa shape index (κ3) is 5.01. The Hall–Kier alpha value is -1.78. The SMILES string of the molecule is O=C1COc2ccccc2C2CCC(CC2)OCC2[C@@H](NS(=O)(=O)C(F)F)CCCN12. The molecule has 0 spiro atoms. The highest BCUT2D eigenvalue weighted by Crippen LogP contribution is 2.38. The quantitative estimate of drug-likeness (QED) is 0.753. The normalized spacial score (nSPS) is 29.9. The number of carbonyl (C=O) groups is 1. The summed E-state index contributed by atoms with van der Waals surface area (Å²) in [6.07, 6.45) is 4.39. The van der Waals surface area contributed by atoms with Crippen molar-refractivity contribution in [3.63, 3.8) is 0 Å². The third-order valence-corrected chi connectivity index (χ3v) is 7.64. The molecule has 7 nitrogen and oxygen atoms in total. The minimum absolute atomic E-state index is 0.00341. The van der Waals surface area contributed by atoms with E-state index in [1.807, 2.05) is 24.3 Å². The van der Waals surface area contributed by atoms with E-state index >= 15 is 0 Å². The van der Waals surface area contributed by atoms with Crippen LogP contribution in [-0.4, -0.2) is 62.9 Å². The highest BCUT2D eigenvalue weighted by atomic mass is 32.2. The molecule has 3 heterocycles. The van der Waals surface area contributed by atoms with Gasteiger partial charge in [-0.2, -0.15) is 8.78 Å².